The van der Waals surface area contributed by atoms with E-state index in [4.69, 9.17) is 4.74 Å². The molecule has 1 heterocycles. The zero-order valence-corrected chi connectivity index (χ0v) is 14.6. The van der Waals surface area contributed by atoms with Gasteiger partial charge >= 0.3 is 0 Å². The van der Waals surface area contributed by atoms with Gasteiger partial charge in [-0.3, -0.25) is 4.90 Å². The van der Waals surface area contributed by atoms with E-state index >= 15 is 0 Å². The molecule has 0 saturated carbocycles. The fraction of sp³-hybridized carbons (Fsp3) is 0.647. The van der Waals surface area contributed by atoms with Crippen LogP contribution in [0.4, 0.5) is 4.39 Å². The molecule has 3 nitrogen and oxygen atoms in total. The van der Waals surface area contributed by atoms with Crippen molar-refractivity contribution in [3.05, 3.63) is 29.6 Å². The van der Waals surface area contributed by atoms with E-state index in [0.717, 1.165) is 44.6 Å². The van der Waals surface area contributed by atoms with Crippen molar-refractivity contribution in [2.45, 2.75) is 32.7 Å². The van der Waals surface area contributed by atoms with Crippen LogP contribution >= 0.6 is 12.4 Å². The molecule has 1 aliphatic heterocycles. The number of nitrogens with one attached hydrogen (secondary N) is 1. The first-order valence-corrected chi connectivity index (χ1v) is 7.96. The van der Waals surface area contributed by atoms with Gasteiger partial charge in [0.15, 0.2) is 0 Å². The molecule has 1 aromatic rings. The molecule has 1 aromatic carbocycles. The molecular weight excluding hydrogens is 303 g/mol. The maximum Gasteiger partial charge on any atom is 0.131 e. The Kier molecular flexibility index (Phi) is 8.15. The van der Waals surface area contributed by atoms with Crippen molar-refractivity contribution in [1.29, 1.82) is 0 Å². The number of methoxy groups -OCH3 is 1. The molecule has 1 saturated heterocycles. The van der Waals surface area contributed by atoms with Gasteiger partial charge in [0.25, 0.3) is 0 Å². The summed E-state index contributed by atoms with van der Waals surface area (Å²) in [6.45, 7) is 8.25. The largest absolute Gasteiger partial charge is 0.496 e. The van der Waals surface area contributed by atoms with Gasteiger partial charge in [0.2, 0.25) is 0 Å². The van der Waals surface area contributed by atoms with Crippen LogP contribution in [0.2, 0.25) is 0 Å². The number of halogens is 2. The molecule has 1 fully saturated rings. The zero-order chi connectivity index (χ0) is 15.2. The fourth-order valence-corrected chi connectivity index (χ4v) is 3.38. The van der Waals surface area contributed by atoms with Crippen LogP contribution < -0.4 is 10.1 Å². The normalized spacial score (nSPS) is 18.4. The lowest BCUT2D eigenvalue weighted by Crippen LogP contribution is -2.47. The molecule has 2 rings (SSSR count). The van der Waals surface area contributed by atoms with E-state index in [2.05, 4.69) is 24.1 Å². The van der Waals surface area contributed by atoms with Gasteiger partial charge < -0.3 is 10.1 Å². The molecular formula is C17H28ClFN2O. The van der Waals surface area contributed by atoms with Gasteiger partial charge in [0.05, 0.1) is 7.11 Å². The van der Waals surface area contributed by atoms with Gasteiger partial charge in [-0.15, -0.1) is 12.4 Å². The third kappa shape index (κ3) is 4.34. The van der Waals surface area contributed by atoms with Crippen LogP contribution in [0.1, 0.15) is 38.3 Å². The fourth-order valence-electron chi connectivity index (χ4n) is 3.38. The Morgan fingerprint density at radius 1 is 1.32 bits per heavy atom. The molecule has 126 valence electrons. The topological polar surface area (TPSA) is 24.5 Å². The van der Waals surface area contributed by atoms with E-state index in [1.165, 1.54) is 0 Å². The van der Waals surface area contributed by atoms with Crippen LogP contribution in [0.25, 0.3) is 0 Å². The first kappa shape index (κ1) is 19.2. The molecule has 1 N–H and O–H groups in total. The van der Waals surface area contributed by atoms with Crippen LogP contribution in [0.3, 0.4) is 0 Å². The smallest absolute Gasteiger partial charge is 0.131 e. The predicted molar refractivity (Wildman–Crippen MR) is 91.5 cm³/mol. The van der Waals surface area contributed by atoms with Crippen LogP contribution in [-0.4, -0.2) is 38.2 Å². The summed E-state index contributed by atoms with van der Waals surface area (Å²) < 4.78 is 20.0. The second-order valence-electron chi connectivity index (χ2n) is 5.85. The van der Waals surface area contributed by atoms with Crippen LogP contribution in [-0.2, 0) is 0 Å². The Labute approximate surface area is 139 Å². The molecule has 1 aliphatic rings. The van der Waals surface area contributed by atoms with E-state index in [0.29, 0.717) is 11.7 Å². The molecule has 0 radical (unpaired) electrons. The van der Waals surface area contributed by atoms with E-state index in [1.54, 1.807) is 19.2 Å². The van der Waals surface area contributed by atoms with Crippen LogP contribution in [0, 0.1) is 11.7 Å². The highest BCUT2D eigenvalue weighted by Gasteiger charge is 2.31. The lowest BCUT2D eigenvalue weighted by Gasteiger charge is -2.39. The minimum atomic E-state index is -0.152. The van der Waals surface area contributed by atoms with Crippen molar-refractivity contribution in [2.75, 3.05) is 33.3 Å². The average molecular weight is 331 g/mol. The SMILES string of the molecule is CCCC(C)[C@H](c1c(F)cccc1OC)N1CCNCC1.Cl. The number of hydrogen-bond acceptors (Lipinski definition) is 3. The van der Waals surface area contributed by atoms with E-state index in [-0.39, 0.29) is 24.3 Å². The summed E-state index contributed by atoms with van der Waals surface area (Å²) in [6.07, 6.45) is 2.20. The maximum atomic E-state index is 14.5. The number of benzene rings is 1. The summed E-state index contributed by atoms with van der Waals surface area (Å²) in [7, 11) is 1.62. The summed E-state index contributed by atoms with van der Waals surface area (Å²) in [4.78, 5) is 2.40. The minimum absolute atomic E-state index is 0. The summed E-state index contributed by atoms with van der Waals surface area (Å²) in [5.41, 5.74) is 0.725. The molecule has 2 atom stereocenters. The van der Waals surface area contributed by atoms with E-state index in [9.17, 15) is 4.39 Å². The Balaban J connectivity index is 0.00000242. The molecule has 0 amide bonds. The minimum Gasteiger partial charge on any atom is -0.496 e. The maximum absolute atomic E-state index is 14.5. The van der Waals surface area contributed by atoms with Crippen LogP contribution in [0.5, 0.6) is 5.75 Å². The summed E-state index contributed by atoms with van der Waals surface area (Å²) in [5.74, 6) is 0.918. The average Bonchev–Trinajstić information content (AvgIpc) is 2.50. The van der Waals surface area contributed by atoms with Crippen molar-refractivity contribution in [3.8, 4) is 5.75 Å². The summed E-state index contributed by atoms with van der Waals surface area (Å²) >= 11 is 0. The van der Waals surface area contributed by atoms with Gasteiger partial charge in [-0.2, -0.15) is 0 Å². The zero-order valence-electron chi connectivity index (χ0n) is 13.8. The Hall–Kier alpha value is -0.840. The van der Waals surface area contributed by atoms with Crippen molar-refractivity contribution < 1.29 is 9.13 Å². The van der Waals surface area contributed by atoms with E-state index in [1.807, 2.05) is 6.07 Å². The van der Waals surface area contributed by atoms with Gasteiger partial charge in [-0.05, 0) is 24.5 Å². The monoisotopic (exact) mass is 330 g/mol. The molecule has 0 bridgehead atoms. The van der Waals surface area contributed by atoms with Gasteiger partial charge in [0, 0.05) is 37.8 Å². The van der Waals surface area contributed by atoms with E-state index < -0.39 is 0 Å². The Morgan fingerprint density at radius 2 is 2.00 bits per heavy atom. The highest BCUT2D eigenvalue weighted by Crippen LogP contribution is 2.38. The molecule has 22 heavy (non-hydrogen) atoms. The van der Waals surface area contributed by atoms with Gasteiger partial charge in [-0.1, -0.05) is 26.3 Å². The number of rotatable bonds is 6. The van der Waals surface area contributed by atoms with Gasteiger partial charge in [0.1, 0.15) is 11.6 Å². The number of piperazine rings is 1. The summed E-state index contributed by atoms with van der Waals surface area (Å²) in [6, 6.07) is 5.22. The molecule has 5 heteroatoms. The molecule has 1 unspecified atom stereocenters. The van der Waals surface area contributed by atoms with Crippen molar-refractivity contribution >= 4 is 12.4 Å². The molecule has 0 aliphatic carbocycles. The summed E-state index contributed by atoms with van der Waals surface area (Å²) in [5, 5.41) is 3.37. The quantitative estimate of drug-likeness (QED) is 0.862. The van der Waals surface area contributed by atoms with Crippen LogP contribution in [0.15, 0.2) is 18.2 Å². The molecule has 0 spiro atoms. The second-order valence-corrected chi connectivity index (χ2v) is 5.85. The Bertz CT molecular complexity index is 452. The van der Waals surface area contributed by atoms with Crippen molar-refractivity contribution in [1.82, 2.24) is 10.2 Å². The Morgan fingerprint density at radius 3 is 2.59 bits per heavy atom. The number of nitrogens with zero attached hydrogens (tertiary/aromatic N) is 1. The van der Waals surface area contributed by atoms with Crippen molar-refractivity contribution in [3.63, 3.8) is 0 Å². The van der Waals surface area contributed by atoms with Crippen molar-refractivity contribution in [2.24, 2.45) is 5.92 Å². The highest BCUT2D eigenvalue weighted by atomic mass is 35.5. The molecule has 0 aromatic heterocycles. The lowest BCUT2D eigenvalue weighted by molar-refractivity contribution is 0.120. The number of hydrogen-bond donors (Lipinski definition) is 1. The standard InChI is InChI=1S/C17H27FN2O.ClH/c1-4-6-13(2)17(20-11-9-19-10-12-20)16-14(18)7-5-8-15(16)21-3;/h5,7-8,13,17,19H,4,6,9-12H2,1-3H3;1H/t13?,17-;/m1./s1. The highest BCUT2D eigenvalue weighted by molar-refractivity contribution is 5.85. The number of ether oxygens (including phenoxy) is 1. The second kappa shape index (κ2) is 9.33. The third-order valence-electron chi connectivity index (χ3n) is 4.36. The predicted octanol–water partition coefficient (Wildman–Crippen LogP) is 3.64. The first-order chi connectivity index (χ1) is 10.2. The van der Waals surface area contributed by atoms with Gasteiger partial charge in [-0.25, -0.2) is 4.39 Å². The lowest BCUT2D eigenvalue weighted by atomic mass is 9.88. The third-order valence-corrected chi connectivity index (χ3v) is 4.36. The first-order valence-electron chi connectivity index (χ1n) is 7.96.